The Morgan fingerprint density at radius 2 is 2.42 bits per heavy atom. The molecular formula is C6H6N4S2. The topological polar surface area (TPSA) is 46.5 Å². The molecule has 0 fully saturated rings. The molecule has 4 nitrogen and oxygen atoms in total. The molecule has 0 atom stereocenters. The van der Waals surface area contributed by atoms with Gasteiger partial charge in [0.05, 0.1) is 0 Å². The molecule has 0 aliphatic heterocycles. The molecule has 0 saturated carbocycles. The highest BCUT2D eigenvalue weighted by Gasteiger charge is 2.00. The Bertz CT molecular complexity index is 438. The number of tetrazole rings is 1. The summed E-state index contributed by atoms with van der Waals surface area (Å²) < 4.78 is 2.13. The smallest absolute Gasteiger partial charge is 0.199 e. The summed E-state index contributed by atoms with van der Waals surface area (Å²) in [4.78, 5) is 1.24. The first kappa shape index (κ1) is 7.63. The number of hydrogen-bond donors (Lipinski definition) is 1. The molecule has 0 aliphatic carbocycles. The van der Waals surface area contributed by atoms with Gasteiger partial charge in [0.15, 0.2) is 0 Å². The largest absolute Gasteiger partial charge is 0.243 e. The van der Waals surface area contributed by atoms with Gasteiger partial charge in [-0.15, -0.1) is 11.3 Å². The van der Waals surface area contributed by atoms with Crippen LogP contribution in [-0.2, 0) is 0 Å². The SMILES string of the molecule is Cc1ccc(-n2[nH]nnc2=S)s1. The van der Waals surface area contributed by atoms with Gasteiger partial charge in [0.1, 0.15) is 5.00 Å². The van der Waals surface area contributed by atoms with Gasteiger partial charge in [-0.3, -0.25) is 0 Å². The van der Waals surface area contributed by atoms with E-state index in [1.54, 1.807) is 16.0 Å². The fraction of sp³-hybridized carbons (Fsp3) is 0.167. The van der Waals surface area contributed by atoms with Crippen LogP contribution in [0, 0.1) is 11.7 Å². The van der Waals surface area contributed by atoms with Gasteiger partial charge in [0, 0.05) is 4.88 Å². The summed E-state index contributed by atoms with van der Waals surface area (Å²) in [5.41, 5.74) is 0. The monoisotopic (exact) mass is 198 g/mol. The minimum Gasteiger partial charge on any atom is -0.199 e. The fourth-order valence-electron chi connectivity index (χ4n) is 0.883. The van der Waals surface area contributed by atoms with E-state index in [1.165, 1.54) is 4.88 Å². The molecule has 12 heavy (non-hydrogen) atoms. The van der Waals surface area contributed by atoms with Gasteiger partial charge in [-0.05, 0) is 31.3 Å². The van der Waals surface area contributed by atoms with Crippen LogP contribution in [0.5, 0.6) is 0 Å². The molecule has 0 aromatic carbocycles. The van der Waals surface area contributed by atoms with Crippen LogP contribution in [-0.4, -0.2) is 20.2 Å². The van der Waals surface area contributed by atoms with E-state index in [4.69, 9.17) is 12.2 Å². The summed E-state index contributed by atoms with van der Waals surface area (Å²) in [6.07, 6.45) is 0. The van der Waals surface area contributed by atoms with Crippen LogP contribution in [0.15, 0.2) is 12.1 Å². The highest BCUT2D eigenvalue weighted by molar-refractivity contribution is 7.71. The molecule has 0 amide bonds. The Balaban J connectivity index is 2.58. The predicted molar refractivity (Wildman–Crippen MR) is 49.2 cm³/mol. The summed E-state index contributed by atoms with van der Waals surface area (Å²) in [7, 11) is 0. The van der Waals surface area contributed by atoms with Crippen LogP contribution in [0.4, 0.5) is 0 Å². The second-order valence-electron chi connectivity index (χ2n) is 2.30. The first-order chi connectivity index (χ1) is 5.77. The van der Waals surface area contributed by atoms with E-state index in [1.807, 2.05) is 19.1 Å². The zero-order valence-corrected chi connectivity index (χ0v) is 7.95. The average molecular weight is 198 g/mol. The molecule has 62 valence electrons. The zero-order valence-electron chi connectivity index (χ0n) is 6.31. The summed E-state index contributed by atoms with van der Waals surface area (Å²) in [6.45, 7) is 2.04. The van der Waals surface area contributed by atoms with Crippen LogP contribution in [0.1, 0.15) is 4.88 Å². The number of thiophene rings is 1. The van der Waals surface area contributed by atoms with E-state index in [-0.39, 0.29) is 0 Å². The molecule has 0 radical (unpaired) electrons. The van der Waals surface area contributed by atoms with E-state index in [2.05, 4.69) is 15.5 Å². The number of aromatic nitrogens is 4. The third kappa shape index (κ3) is 1.19. The Morgan fingerprint density at radius 1 is 1.58 bits per heavy atom. The Morgan fingerprint density at radius 3 is 2.92 bits per heavy atom. The van der Waals surface area contributed by atoms with E-state index in [0.717, 1.165) is 5.00 Å². The van der Waals surface area contributed by atoms with Gasteiger partial charge in [0.25, 0.3) is 0 Å². The Hall–Kier alpha value is -1.01. The quantitative estimate of drug-likeness (QED) is 0.709. The van der Waals surface area contributed by atoms with Crippen molar-refractivity contribution in [3.63, 3.8) is 0 Å². The fourth-order valence-corrected chi connectivity index (χ4v) is 1.94. The summed E-state index contributed by atoms with van der Waals surface area (Å²) in [5.74, 6) is 0. The Kier molecular flexibility index (Phi) is 1.78. The highest BCUT2D eigenvalue weighted by atomic mass is 32.1. The molecule has 2 aromatic heterocycles. The van der Waals surface area contributed by atoms with Crippen molar-refractivity contribution in [3.05, 3.63) is 21.8 Å². The number of H-pyrrole nitrogens is 1. The van der Waals surface area contributed by atoms with Crippen LogP contribution in [0.2, 0.25) is 0 Å². The number of aromatic amines is 1. The molecule has 0 bridgehead atoms. The second-order valence-corrected chi connectivity index (χ2v) is 3.93. The third-order valence-corrected chi connectivity index (χ3v) is 2.67. The average Bonchev–Trinajstić information content (AvgIpc) is 2.58. The van der Waals surface area contributed by atoms with Crippen molar-refractivity contribution in [1.82, 2.24) is 20.2 Å². The van der Waals surface area contributed by atoms with Gasteiger partial charge in [-0.1, -0.05) is 10.3 Å². The standard InChI is InChI=1S/C6H6N4S2/c1-4-2-3-5(12-4)10-6(11)7-8-9-10/h2-3H,1H3,(H,7,9,11). The number of rotatable bonds is 1. The summed E-state index contributed by atoms with van der Waals surface area (Å²) in [5, 5.41) is 11.0. The zero-order chi connectivity index (χ0) is 8.55. The lowest BCUT2D eigenvalue weighted by molar-refractivity contribution is 0.795. The van der Waals surface area contributed by atoms with Gasteiger partial charge in [-0.25, -0.2) is 0 Å². The lowest BCUT2D eigenvalue weighted by atomic mass is 10.5. The second kappa shape index (κ2) is 2.80. The van der Waals surface area contributed by atoms with E-state index < -0.39 is 0 Å². The van der Waals surface area contributed by atoms with Crippen LogP contribution in [0.3, 0.4) is 0 Å². The normalized spacial score (nSPS) is 10.4. The van der Waals surface area contributed by atoms with Crippen LogP contribution in [0.25, 0.3) is 5.00 Å². The first-order valence-corrected chi connectivity index (χ1v) is 4.57. The molecule has 1 N–H and O–H groups in total. The van der Waals surface area contributed by atoms with Crippen molar-refractivity contribution in [3.8, 4) is 5.00 Å². The number of hydrogen-bond acceptors (Lipinski definition) is 4. The number of nitrogens with zero attached hydrogens (tertiary/aromatic N) is 3. The first-order valence-electron chi connectivity index (χ1n) is 3.34. The number of nitrogens with one attached hydrogen (secondary N) is 1. The van der Waals surface area contributed by atoms with E-state index in [9.17, 15) is 0 Å². The molecule has 6 heteroatoms. The van der Waals surface area contributed by atoms with Crippen molar-refractivity contribution < 1.29 is 0 Å². The summed E-state index contributed by atoms with van der Waals surface area (Å²) in [6, 6.07) is 4.01. The minimum absolute atomic E-state index is 0.455. The molecule has 0 saturated heterocycles. The number of aryl methyl sites for hydroxylation is 1. The molecule has 2 heterocycles. The van der Waals surface area contributed by atoms with Crippen molar-refractivity contribution in [2.45, 2.75) is 6.92 Å². The molecule has 2 aromatic rings. The van der Waals surface area contributed by atoms with Gasteiger partial charge in [-0.2, -0.15) is 9.90 Å². The highest BCUT2D eigenvalue weighted by Crippen LogP contribution is 2.18. The predicted octanol–water partition coefficient (Wildman–Crippen LogP) is 1.69. The van der Waals surface area contributed by atoms with Crippen LogP contribution < -0.4 is 0 Å². The van der Waals surface area contributed by atoms with E-state index >= 15 is 0 Å². The maximum atomic E-state index is 4.94. The van der Waals surface area contributed by atoms with Crippen molar-refractivity contribution >= 4 is 23.6 Å². The van der Waals surface area contributed by atoms with Crippen molar-refractivity contribution in [1.29, 1.82) is 0 Å². The maximum Gasteiger partial charge on any atom is 0.243 e. The van der Waals surface area contributed by atoms with Crippen molar-refractivity contribution in [2.75, 3.05) is 0 Å². The van der Waals surface area contributed by atoms with Crippen LogP contribution >= 0.6 is 23.6 Å². The molecule has 0 spiro atoms. The lowest BCUT2D eigenvalue weighted by Gasteiger charge is -1.91. The third-order valence-electron chi connectivity index (χ3n) is 1.42. The van der Waals surface area contributed by atoms with E-state index in [0.29, 0.717) is 4.77 Å². The van der Waals surface area contributed by atoms with Gasteiger partial charge < -0.3 is 0 Å². The minimum atomic E-state index is 0.455. The molecule has 2 rings (SSSR count). The summed E-state index contributed by atoms with van der Waals surface area (Å²) >= 11 is 6.59. The van der Waals surface area contributed by atoms with Crippen molar-refractivity contribution in [2.24, 2.45) is 0 Å². The Labute approximate surface area is 77.8 Å². The maximum absolute atomic E-state index is 4.94. The lowest BCUT2D eigenvalue weighted by Crippen LogP contribution is -1.92. The molecular weight excluding hydrogens is 192 g/mol. The molecule has 0 unspecified atom stereocenters. The molecule has 0 aliphatic rings. The van der Waals surface area contributed by atoms with Gasteiger partial charge >= 0.3 is 0 Å². The van der Waals surface area contributed by atoms with Gasteiger partial charge in [0.2, 0.25) is 4.77 Å².